The summed E-state index contributed by atoms with van der Waals surface area (Å²) in [6.45, 7) is 8.09. The molecule has 0 aromatic heterocycles. The van der Waals surface area contributed by atoms with E-state index in [0.717, 1.165) is 36.8 Å². The number of carbonyl (C=O) groups is 1. The number of carbonyl (C=O) groups excluding carboxylic acids is 1. The Morgan fingerprint density at radius 2 is 2.00 bits per heavy atom. The van der Waals surface area contributed by atoms with Crippen LogP contribution in [-0.2, 0) is 9.53 Å². The molecule has 0 radical (unpaired) electrons. The van der Waals surface area contributed by atoms with Gasteiger partial charge in [-0.2, -0.15) is 0 Å². The van der Waals surface area contributed by atoms with Crippen LogP contribution in [0, 0.1) is 11.8 Å². The summed E-state index contributed by atoms with van der Waals surface area (Å²) >= 11 is 0. The van der Waals surface area contributed by atoms with Crippen LogP contribution in [0.5, 0.6) is 0 Å². The number of hydrogen-bond acceptors (Lipinski definition) is 3. The molecule has 3 nitrogen and oxygen atoms in total. The normalized spacial score (nSPS) is 35.4. The average molecular weight is 246 g/mol. The number of fused-ring (bicyclic) bond motifs is 3. The second-order valence-corrected chi connectivity index (χ2v) is 5.48. The van der Waals surface area contributed by atoms with Crippen molar-refractivity contribution in [1.29, 1.82) is 0 Å². The third-order valence-corrected chi connectivity index (χ3v) is 4.62. The number of rotatable bonds is 1. The van der Waals surface area contributed by atoms with E-state index < -0.39 is 0 Å². The van der Waals surface area contributed by atoms with Crippen molar-refractivity contribution in [2.24, 2.45) is 11.8 Å². The number of aliphatic hydroxyl groups is 1. The molecular weight excluding hydrogens is 228 g/mol. The zero-order valence-corrected chi connectivity index (χ0v) is 10.4. The SMILES string of the molecule is C=C1CC[C@H]2C(=C)CCC3=C(CO)C(=O)O[C@@H]3[C@@H]12. The second kappa shape index (κ2) is 4.09. The molecule has 1 aliphatic heterocycles. The molecule has 1 heterocycles. The van der Waals surface area contributed by atoms with E-state index in [0.29, 0.717) is 11.5 Å². The van der Waals surface area contributed by atoms with E-state index in [1.165, 1.54) is 5.57 Å². The topological polar surface area (TPSA) is 46.5 Å². The molecule has 96 valence electrons. The largest absolute Gasteiger partial charge is 0.454 e. The number of ether oxygens (including phenoxy) is 1. The van der Waals surface area contributed by atoms with Crippen molar-refractivity contribution in [2.75, 3.05) is 6.61 Å². The van der Waals surface area contributed by atoms with E-state index in [-0.39, 0.29) is 24.6 Å². The fraction of sp³-hybridized carbons (Fsp3) is 0.533. The van der Waals surface area contributed by atoms with Crippen LogP contribution in [0.2, 0.25) is 0 Å². The Morgan fingerprint density at radius 3 is 2.72 bits per heavy atom. The van der Waals surface area contributed by atoms with E-state index >= 15 is 0 Å². The Labute approximate surface area is 107 Å². The number of aliphatic hydroxyl groups excluding tert-OH is 1. The van der Waals surface area contributed by atoms with Crippen LogP contribution in [0.1, 0.15) is 25.7 Å². The Balaban J connectivity index is 2.05. The maximum Gasteiger partial charge on any atom is 0.337 e. The third kappa shape index (κ3) is 1.50. The molecule has 0 aromatic rings. The summed E-state index contributed by atoms with van der Waals surface area (Å²) < 4.78 is 5.51. The van der Waals surface area contributed by atoms with Gasteiger partial charge in [-0.1, -0.05) is 24.3 Å². The van der Waals surface area contributed by atoms with Crippen LogP contribution in [0.4, 0.5) is 0 Å². The highest BCUT2D eigenvalue weighted by Gasteiger charge is 2.47. The monoisotopic (exact) mass is 246 g/mol. The Morgan fingerprint density at radius 1 is 1.22 bits per heavy atom. The first-order chi connectivity index (χ1) is 8.63. The molecule has 0 bridgehead atoms. The number of allylic oxidation sites excluding steroid dienone is 1. The van der Waals surface area contributed by atoms with Crippen LogP contribution in [-0.4, -0.2) is 23.8 Å². The Kier molecular flexibility index (Phi) is 2.67. The summed E-state index contributed by atoms with van der Waals surface area (Å²) in [5.74, 6) is 0.234. The summed E-state index contributed by atoms with van der Waals surface area (Å²) in [4.78, 5) is 11.8. The highest BCUT2D eigenvalue weighted by atomic mass is 16.5. The molecule has 18 heavy (non-hydrogen) atoms. The average Bonchev–Trinajstić information content (AvgIpc) is 2.82. The molecule has 2 saturated carbocycles. The molecule has 3 heteroatoms. The van der Waals surface area contributed by atoms with E-state index in [1.807, 2.05) is 0 Å². The minimum Gasteiger partial charge on any atom is -0.454 e. The molecule has 0 spiro atoms. The standard InChI is InChI=1S/C15H18O3/c1-8-3-6-11-12(7-16)15(17)18-14(11)13-9(2)4-5-10(8)13/h10,13-14,16H,1-7H2/t10-,13-,14-/m0/s1. The van der Waals surface area contributed by atoms with Gasteiger partial charge in [0.1, 0.15) is 6.10 Å². The van der Waals surface area contributed by atoms with Gasteiger partial charge in [0.25, 0.3) is 0 Å². The lowest BCUT2D eigenvalue weighted by Gasteiger charge is -2.25. The lowest BCUT2D eigenvalue weighted by atomic mass is 9.84. The summed E-state index contributed by atoms with van der Waals surface area (Å²) in [6.07, 6.45) is 3.53. The van der Waals surface area contributed by atoms with Crippen LogP contribution in [0.25, 0.3) is 0 Å². The molecular formula is C15H18O3. The lowest BCUT2D eigenvalue weighted by molar-refractivity contribution is -0.141. The van der Waals surface area contributed by atoms with Crippen molar-refractivity contribution in [1.82, 2.24) is 0 Å². The molecule has 1 N–H and O–H groups in total. The first-order valence-corrected chi connectivity index (χ1v) is 6.52. The van der Waals surface area contributed by atoms with Gasteiger partial charge in [0.2, 0.25) is 0 Å². The predicted octanol–water partition coefficient (Wildman–Crippen LogP) is 2.13. The van der Waals surface area contributed by atoms with Gasteiger partial charge in [0, 0.05) is 5.92 Å². The molecule has 0 aromatic carbocycles. The van der Waals surface area contributed by atoms with Crippen LogP contribution in [0.15, 0.2) is 35.5 Å². The van der Waals surface area contributed by atoms with Gasteiger partial charge >= 0.3 is 5.97 Å². The minimum atomic E-state index is -0.344. The van der Waals surface area contributed by atoms with Crippen molar-refractivity contribution >= 4 is 5.97 Å². The van der Waals surface area contributed by atoms with Gasteiger partial charge < -0.3 is 9.84 Å². The van der Waals surface area contributed by atoms with Gasteiger partial charge in [-0.15, -0.1) is 0 Å². The molecule has 3 aliphatic rings. The van der Waals surface area contributed by atoms with Crippen LogP contribution >= 0.6 is 0 Å². The number of hydrogen-bond donors (Lipinski definition) is 1. The van der Waals surface area contributed by atoms with Crippen molar-refractivity contribution in [3.8, 4) is 0 Å². The quantitative estimate of drug-likeness (QED) is 0.569. The van der Waals surface area contributed by atoms with Gasteiger partial charge in [0.15, 0.2) is 0 Å². The van der Waals surface area contributed by atoms with Crippen molar-refractivity contribution in [2.45, 2.75) is 31.8 Å². The Bertz CT molecular complexity index is 472. The van der Waals surface area contributed by atoms with E-state index in [2.05, 4.69) is 13.2 Å². The molecule has 0 saturated heterocycles. The van der Waals surface area contributed by atoms with Crippen molar-refractivity contribution in [3.63, 3.8) is 0 Å². The molecule has 2 fully saturated rings. The predicted molar refractivity (Wildman–Crippen MR) is 67.7 cm³/mol. The van der Waals surface area contributed by atoms with Gasteiger partial charge in [-0.05, 0) is 37.2 Å². The van der Waals surface area contributed by atoms with Crippen molar-refractivity contribution < 1.29 is 14.6 Å². The van der Waals surface area contributed by atoms with E-state index in [9.17, 15) is 9.90 Å². The summed E-state index contributed by atoms with van der Waals surface area (Å²) in [7, 11) is 0. The third-order valence-electron chi connectivity index (χ3n) is 4.62. The zero-order valence-electron chi connectivity index (χ0n) is 10.4. The highest BCUT2D eigenvalue weighted by Crippen LogP contribution is 2.50. The summed E-state index contributed by atoms with van der Waals surface area (Å²) in [5.41, 5.74) is 3.86. The van der Waals surface area contributed by atoms with Gasteiger partial charge in [0.05, 0.1) is 12.2 Å². The minimum absolute atomic E-state index is 0.183. The van der Waals surface area contributed by atoms with Crippen LogP contribution < -0.4 is 0 Å². The molecule has 0 unspecified atom stereocenters. The maximum atomic E-state index is 11.8. The van der Waals surface area contributed by atoms with Crippen LogP contribution in [0.3, 0.4) is 0 Å². The molecule has 2 aliphatic carbocycles. The van der Waals surface area contributed by atoms with Gasteiger partial charge in [-0.25, -0.2) is 4.79 Å². The van der Waals surface area contributed by atoms with E-state index in [4.69, 9.17) is 4.74 Å². The first kappa shape index (κ1) is 11.7. The number of esters is 1. The smallest absolute Gasteiger partial charge is 0.337 e. The molecule has 3 atom stereocenters. The highest BCUT2D eigenvalue weighted by molar-refractivity contribution is 5.92. The fourth-order valence-corrected chi connectivity index (χ4v) is 3.65. The van der Waals surface area contributed by atoms with E-state index in [1.54, 1.807) is 0 Å². The molecule has 3 rings (SSSR count). The van der Waals surface area contributed by atoms with Crippen molar-refractivity contribution in [3.05, 3.63) is 35.5 Å². The second-order valence-electron chi connectivity index (χ2n) is 5.48. The summed E-state index contributed by atoms with van der Waals surface area (Å²) in [5, 5.41) is 9.34. The van der Waals surface area contributed by atoms with Gasteiger partial charge in [-0.3, -0.25) is 0 Å². The lowest BCUT2D eigenvalue weighted by Crippen LogP contribution is -2.26. The first-order valence-electron chi connectivity index (χ1n) is 6.52. The fourth-order valence-electron chi connectivity index (χ4n) is 3.65. The maximum absolute atomic E-state index is 11.8. The zero-order chi connectivity index (χ0) is 12.9. The Hall–Kier alpha value is -1.35. The summed E-state index contributed by atoms with van der Waals surface area (Å²) in [6, 6.07) is 0. The molecule has 0 amide bonds.